The Morgan fingerprint density at radius 1 is 1.32 bits per heavy atom. The predicted molar refractivity (Wildman–Crippen MR) is 99.6 cm³/mol. The first kappa shape index (κ1) is 19.1. The van der Waals surface area contributed by atoms with Gasteiger partial charge in [-0.2, -0.15) is 0 Å². The highest BCUT2D eigenvalue weighted by molar-refractivity contribution is 6.05. The summed E-state index contributed by atoms with van der Waals surface area (Å²) in [6, 6.07) is 9.30. The number of aromatic nitrogens is 1. The van der Waals surface area contributed by atoms with Crippen LogP contribution < -0.4 is 19.7 Å². The van der Waals surface area contributed by atoms with Gasteiger partial charge in [-0.15, -0.1) is 0 Å². The van der Waals surface area contributed by atoms with Crippen molar-refractivity contribution in [3.8, 4) is 11.5 Å². The summed E-state index contributed by atoms with van der Waals surface area (Å²) in [5.74, 6) is -0.622. The standard InChI is InChI=1S/C18H18N4O6/c1-3-27-13-6-4-12(5-7-13)19-16(23)10-21-17-14(28-11(2)18(21)24)8-9-15(20-17)22(25)26/h4-9,11H,3,10H2,1-2H3,(H,19,23). The van der Waals surface area contributed by atoms with Gasteiger partial charge in [0.15, 0.2) is 11.9 Å². The molecule has 1 aliphatic rings. The zero-order chi connectivity index (χ0) is 20.3. The maximum atomic E-state index is 12.5. The lowest BCUT2D eigenvalue weighted by Gasteiger charge is -2.28. The van der Waals surface area contributed by atoms with E-state index in [-0.39, 0.29) is 18.1 Å². The van der Waals surface area contributed by atoms with Crippen molar-refractivity contribution in [3.63, 3.8) is 0 Å². The highest BCUT2D eigenvalue weighted by Gasteiger charge is 2.37. The van der Waals surface area contributed by atoms with Crippen LogP contribution in [0.15, 0.2) is 36.4 Å². The van der Waals surface area contributed by atoms with Crippen LogP contribution in [0, 0.1) is 10.1 Å². The van der Waals surface area contributed by atoms with Crippen molar-refractivity contribution < 1.29 is 24.0 Å². The van der Waals surface area contributed by atoms with E-state index in [0.717, 1.165) is 4.90 Å². The Kier molecular flexibility index (Phi) is 5.39. The number of hydrogen-bond acceptors (Lipinski definition) is 7. The van der Waals surface area contributed by atoms with Gasteiger partial charge in [0.05, 0.1) is 6.61 Å². The fourth-order valence-corrected chi connectivity index (χ4v) is 2.68. The summed E-state index contributed by atoms with van der Waals surface area (Å²) in [7, 11) is 0. The van der Waals surface area contributed by atoms with Crippen LogP contribution in [0.5, 0.6) is 11.5 Å². The molecule has 1 N–H and O–H groups in total. The highest BCUT2D eigenvalue weighted by atomic mass is 16.6. The first-order chi connectivity index (χ1) is 13.4. The molecule has 0 spiro atoms. The second kappa shape index (κ2) is 7.91. The number of pyridine rings is 1. The van der Waals surface area contributed by atoms with Gasteiger partial charge in [0.1, 0.15) is 12.3 Å². The molecule has 2 heterocycles. The van der Waals surface area contributed by atoms with E-state index in [9.17, 15) is 19.7 Å². The molecular formula is C18H18N4O6. The van der Waals surface area contributed by atoms with E-state index in [1.54, 1.807) is 24.3 Å². The second-order valence-corrected chi connectivity index (χ2v) is 5.94. The number of nitrogens with one attached hydrogen (secondary N) is 1. The van der Waals surface area contributed by atoms with Gasteiger partial charge >= 0.3 is 5.82 Å². The Morgan fingerprint density at radius 2 is 2.04 bits per heavy atom. The zero-order valence-electron chi connectivity index (χ0n) is 15.2. The molecule has 1 aromatic heterocycles. The Labute approximate surface area is 160 Å². The Balaban J connectivity index is 1.78. The smallest absolute Gasteiger partial charge is 0.366 e. The van der Waals surface area contributed by atoms with E-state index < -0.39 is 28.7 Å². The number of anilines is 2. The molecule has 0 bridgehead atoms. The number of nitrogens with zero attached hydrogens (tertiary/aromatic N) is 3. The van der Waals surface area contributed by atoms with E-state index in [1.807, 2.05) is 6.92 Å². The van der Waals surface area contributed by atoms with Crippen LogP contribution in [0.2, 0.25) is 0 Å². The molecule has 0 radical (unpaired) electrons. The van der Waals surface area contributed by atoms with Crippen molar-refractivity contribution in [2.24, 2.45) is 0 Å². The summed E-state index contributed by atoms with van der Waals surface area (Å²) in [4.78, 5) is 40.1. The fourth-order valence-electron chi connectivity index (χ4n) is 2.68. The summed E-state index contributed by atoms with van der Waals surface area (Å²) in [5.41, 5.74) is 0.523. The number of rotatable bonds is 6. The number of amides is 2. The van der Waals surface area contributed by atoms with Gasteiger partial charge in [-0.25, -0.2) is 0 Å². The normalized spacial score (nSPS) is 15.4. The number of carbonyl (C=O) groups is 2. The number of fused-ring (bicyclic) bond motifs is 1. The molecule has 0 saturated heterocycles. The largest absolute Gasteiger partial charge is 0.494 e. The van der Waals surface area contributed by atoms with Gasteiger partial charge in [-0.3, -0.25) is 14.5 Å². The quantitative estimate of drug-likeness (QED) is 0.596. The molecule has 2 amide bonds. The number of carbonyl (C=O) groups excluding carboxylic acids is 2. The number of benzene rings is 1. The zero-order valence-corrected chi connectivity index (χ0v) is 15.2. The third-order valence-corrected chi connectivity index (χ3v) is 3.94. The molecule has 1 aromatic carbocycles. The molecular weight excluding hydrogens is 368 g/mol. The minimum Gasteiger partial charge on any atom is -0.494 e. The lowest BCUT2D eigenvalue weighted by molar-refractivity contribution is -0.389. The third-order valence-electron chi connectivity index (χ3n) is 3.94. The van der Waals surface area contributed by atoms with Crippen molar-refractivity contribution >= 4 is 29.1 Å². The summed E-state index contributed by atoms with van der Waals surface area (Å²) >= 11 is 0. The Hall–Kier alpha value is -3.69. The van der Waals surface area contributed by atoms with Gasteiger partial charge in [0, 0.05) is 11.8 Å². The SMILES string of the molecule is CCOc1ccc(NC(=O)CN2C(=O)C(C)Oc3ccc([N+](=O)[O-])nc32)cc1. The minimum atomic E-state index is -0.839. The average molecular weight is 386 g/mol. The summed E-state index contributed by atoms with van der Waals surface area (Å²) in [6.45, 7) is 3.57. The average Bonchev–Trinajstić information content (AvgIpc) is 2.67. The summed E-state index contributed by atoms with van der Waals surface area (Å²) in [6.07, 6.45) is -0.839. The van der Waals surface area contributed by atoms with E-state index in [4.69, 9.17) is 9.47 Å². The van der Waals surface area contributed by atoms with Crippen LogP contribution in [-0.4, -0.2) is 41.0 Å². The predicted octanol–water partition coefficient (Wildman–Crippen LogP) is 2.14. The van der Waals surface area contributed by atoms with Gasteiger partial charge in [-0.05, 0) is 54.1 Å². The number of ether oxygens (including phenoxy) is 2. The van der Waals surface area contributed by atoms with Crippen molar-refractivity contribution in [2.45, 2.75) is 20.0 Å². The van der Waals surface area contributed by atoms with Crippen molar-refractivity contribution in [1.82, 2.24) is 4.98 Å². The molecule has 10 nitrogen and oxygen atoms in total. The summed E-state index contributed by atoms with van der Waals surface area (Å²) < 4.78 is 10.8. The molecule has 28 heavy (non-hydrogen) atoms. The van der Waals surface area contributed by atoms with Crippen LogP contribution in [0.25, 0.3) is 0 Å². The van der Waals surface area contributed by atoms with Crippen LogP contribution in [0.4, 0.5) is 17.3 Å². The monoisotopic (exact) mass is 386 g/mol. The van der Waals surface area contributed by atoms with Gasteiger partial charge in [0.2, 0.25) is 5.91 Å². The Morgan fingerprint density at radius 3 is 2.68 bits per heavy atom. The maximum Gasteiger partial charge on any atom is 0.366 e. The maximum absolute atomic E-state index is 12.5. The minimum absolute atomic E-state index is 0.0563. The van der Waals surface area contributed by atoms with Crippen LogP contribution in [0.1, 0.15) is 13.8 Å². The van der Waals surface area contributed by atoms with Crippen LogP contribution in [0.3, 0.4) is 0 Å². The van der Waals surface area contributed by atoms with Gasteiger partial charge in [-0.1, -0.05) is 0 Å². The third kappa shape index (κ3) is 4.00. The van der Waals surface area contributed by atoms with E-state index in [1.165, 1.54) is 19.1 Å². The second-order valence-electron chi connectivity index (χ2n) is 5.94. The molecule has 3 rings (SSSR count). The van der Waals surface area contributed by atoms with Crippen molar-refractivity contribution in [1.29, 1.82) is 0 Å². The molecule has 1 aliphatic heterocycles. The molecule has 1 atom stereocenters. The molecule has 0 aliphatic carbocycles. The van der Waals surface area contributed by atoms with E-state index >= 15 is 0 Å². The highest BCUT2D eigenvalue weighted by Crippen LogP contribution is 2.33. The van der Waals surface area contributed by atoms with Gasteiger partial charge in [0.25, 0.3) is 11.7 Å². The van der Waals surface area contributed by atoms with Crippen molar-refractivity contribution in [3.05, 3.63) is 46.5 Å². The topological polar surface area (TPSA) is 124 Å². The van der Waals surface area contributed by atoms with Crippen LogP contribution in [-0.2, 0) is 9.59 Å². The van der Waals surface area contributed by atoms with Gasteiger partial charge < -0.3 is 24.9 Å². The lowest BCUT2D eigenvalue weighted by atomic mass is 10.2. The molecule has 0 fully saturated rings. The van der Waals surface area contributed by atoms with E-state index in [2.05, 4.69) is 10.3 Å². The number of hydrogen-bond donors (Lipinski definition) is 1. The molecule has 0 saturated carbocycles. The fraction of sp³-hybridized carbons (Fsp3) is 0.278. The molecule has 2 aromatic rings. The summed E-state index contributed by atoms with van der Waals surface area (Å²) in [5, 5.41) is 13.7. The van der Waals surface area contributed by atoms with Crippen molar-refractivity contribution in [2.75, 3.05) is 23.4 Å². The molecule has 146 valence electrons. The lowest BCUT2D eigenvalue weighted by Crippen LogP contribution is -2.48. The molecule has 10 heteroatoms. The Bertz CT molecular complexity index is 915. The number of nitro groups is 1. The van der Waals surface area contributed by atoms with E-state index in [0.29, 0.717) is 18.0 Å². The first-order valence-electron chi connectivity index (χ1n) is 8.55. The van der Waals surface area contributed by atoms with Crippen LogP contribution >= 0.6 is 0 Å². The molecule has 1 unspecified atom stereocenters. The first-order valence-corrected chi connectivity index (χ1v) is 8.55.